The topological polar surface area (TPSA) is 109 Å². The molecule has 2 radical (unpaired) electrons. The summed E-state index contributed by atoms with van der Waals surface area (Å²) in [4.78, 5) is 22.2. The van der Waals surface area contributed by atoms with E-state index in [-0.39, 0.29) is 93.7 Å². The first-order valence-corrected chi connectivity index (χ1v) is 10.3. The molecule has 0 saturated carbocycles. The molecule has 0 saturated heterocycles. The number of rotatable bonds is 5. The van der Waals surface area contributed by atoms with E-state index in [1.165, 1.54) is 6.07 Å². The van der Waals surface area contributed by atoms with Crippen molar-refractivity contribution in [2.75, 3.05) is 14.1 Å². The number of carboxylic acid groups (broad SMARTS) is 1. The van der Waals surface area contributed by atoms with E-state index < -0.39 is 16.6 Å². The summed E-state index contributed by atoms with van der Waals surface area (Å²) in [5.41, 5.74) is 2.44. The van der Waals surface area contributed by atoms with Crippen LogP contribution in [0.1, 0.15) is 15.9 Å². The maximum Gasteiger partial charge on any atom is 0.343 e. The molecule has 12 heteroatoms. The van der Waals surface area contributed by atoms with Gasteiger partial charge in [0.1, 0.15) is 5.56 Å². The molecule has 0 amide bonds. The Morgan fingerprint density at radius 2 is 1.50 bits per heavy atom. The normalized spacial score (nSPS) is 9.79. The fourth-order valence-electron chi connectivity index (χ4n) is 2.62. The number of nitrogens with zero attached hydrogens (tertiary/aromatic N) is 3. The van der Waals surface area contributed by atoms with Gasteiger partial charge in [-0.1, -0.05) is 0 Å². The van der Waals surface area contributed by atoms with Crippen LogP contribution in [0.15, 0.2) is 12.1 Å². The number of carboxylic acids is 1. The second-order valence-corrected chi connectivity index (χ2v) is 8.45. The predicted molar refractivity (Wildman–Crippen MR) is 126 cm³/mol. The Morgan fingerprint density at radius 1 is 1.04 bits per heavy atom. The first-order valence-electron chi connectivity index (χ1n) is 7.08. The molecular formula is C16H12Ac2I3N3O4-2. The summed E-state index contributed by atoms with van der Waals surface area (Å²) in [6, 6.07) is 2.96. The van der Waals surface area contributed by atoms with Crippen LogP contribution in [0.5, 0.6) is 0 Å². The Labute approximate surface area is 275 Å². The van der Waals surface area contributed by atoms with Gasteiger partial charge in [-0.25, -0.2) is 4.79 Å². The van der Waals surface area contributed by atoms with Gasteiger partial charge in [0.2, 0.25) is 0 Å². The van der Waals surface area contributed by atoms with Gasteiger partial charge in [-0.2, -0.15) is 0 Å². The van der Waals surface area contributed by atoms with Crippen molar-refractivity contribution in [2.45, 2.75) is 6.92 Å². The van der Waals surface area contributed by atoms with Crippen LogP contribution in [0, 0.1) is 116 Å². The van der Waals surface area contributed by atoms with Gasteiger partial charge in [-0.3, -0.25) is 10.1 Å². The molecule has 7 nitrogen and oxygen atoms in total. The van der Waals surface area contributed by atoms with Crippen LogP contribution in [0.3, 0.4) is 0 Å². The Balaban J connectivity index is 0.00000364. The number of hydrogen-bond donors (Lipinski definition) is 1. The molecule has 0 spiro atoms. The summed E-state index contributed by atoms with van der Waals surface area (Å²) >= 11 is 6.50. The molecular weight excluding hydrogens is 1130 g/mol. The first-order chi connectivity index (χ1) is 12.1. The summed E-state index contributed by atoms with van der Waals surface area (Å²) in [5, 5.41) is 29.4. The van der Waals surface area contributed by atoms with E-state index in [2.05, 4.69) is 78.4 Å². The number of nitro groups is 1. The van der Waals surface area contributed by atoms with Gasteiger partial charge >= 0.3 is 5.97 Å². The molecule has 0 atom stereocenters. The fraction of sp³-hybridized carbons (Fsp3) is 0.188. The number of carbonyl (C=O) groups is 1. The quantitative estimate of drug-likeness (QED) is 0.214. The van der Waals surface area contributed by atoms with Crippen molar-refractivity contribution in [3.05, 3.63) is 54.7 Å². The molecule has 1 N–H and O–H groups in total. The Kier molecular flexibility index (Phi) is 13.8. The first kappa shape index (κ1) is 30.0. The smallest absolute Gasteiger partial charge is 0.343 e. The maximum absolute atomic E-state index is 11.4. The predicted octanol–water partition coefficient (Wildman–Crippen LogP) is 6.35. The molecule has 2 aromatic carbocycles. The molecule has 0 bridgehead atoms. The van der Waals surface area contributed by atoms with Crippen LogP contribution in [0.2, 0.25) is 0 Å². The van der Waals surface area contributed by atoms with Crippen molar-refractivity contribution < 1.29 is 103 Å². The Morgan fingerprint density at radius 3 is 1.86 bits per heavy atom. The van der Waals surface area contributed by atoms with E-state index in [1.54, 1.807) is 27.1 Å². The average molecular weight is 1150 g/mol. The molecule has 0 aromatic heterocycles. The SMILES string of the molecule is C[N-]c1c(I)c([N-]C)c(I)c(-c2cc(C)c(C(=O)O)c([N+](=O)[O-])c2)c1I.[Ac].[Ac]. The summed E-state index contributed by atoms with van der Waals surface area (Å²) in [6.07, 6.45) is 0. The van der Waals surface area contributed by atoms with Crippen LogP contribution >= 0.6 is 67.8 Å². The number of halogens is 3. The van der Waals surface area contributed by atoms with E-state index in [1.807, 2.05) is 0 Å². The minimum Gasteiger partial charge on any atom is -0.685 e. The van der Waals surface area contributed by atoms with E-state index in [0.717, 1.165) is 27.6 Å². The van der Waals surface area contributed by atoms with E-state index >= 15 is 0 Å². The van der Waals surface area contributed by atoms with E-state index in [9.17, 15) is 20.0 Å². The van der Waals surface area contributed by atoms with Crippen LogP contribution in [0.4, 0.5) is 17.1 Å². The molecule has 2 aromatic rings. The molecule has 2 rings (SSSR count). The average Bonchev–Trinajstić information content (AvgIpc) is 2.54. The van der Waals surface area contributed by atoms with Crippen molar-refractivity contribution in [3.8, 4) is 11.1 Å². The van der Waals surface area contributed by atoms with Crippen molar-refractivity contribution >= 4 is 90.8 Å². The number of benzene rings is 2. The Bertz CT molecular complexity index is 911. The third kappa shape index (κ3) is 6.06. The molecule has 0 aliphatic rings. The second kappa shape index (κ2) is 12.9. The van der Waals surface area contributed by atoms with Gasteiger partial charge in [0.25, 0.3) is 5.69 Å². The Hall–Kier alpha value is 1.98. The standard InChI is InChI=1S/C16H12I3N3O4.2Ac/c1-6-4-7(5-8(22(25)26)9(6)16(23)24)10-11(17)14(20-2)13(19)15(21-3)12(10)18;;/h4-5H,1-3H3,(H,23,24);;/q-2;;. The third-order valence-electron chi connectivity index (χ3n) is 3.73. The second-order valence-electron chi connectivity index (χ2n) is 5.21. The van der Waals surface area contributed by atoms with Crippen LogP contribution in [0.25, 0.3) is 21.8 Å². The minimum absolute atomic E-state index is 0. The maximum atomic E-state index is 11.4. The van der Waals surface area contributed by atoms with Crippen molar-refractivity contribution in [1.82, 2.24) is 0 Å². The summed E-state index contributed by atoms with van der Waals surface area (Å²) in [7, 11) is 3.36. The van der Waals surface area contributed by atoms with Gasteiger partial charge in [0.05, 0.1) is 4.92 Å². The third-order valence-corrected chi connectivity index (χ3v) is 6.85. The summed E-state index contributed by atoms with van der Waals surface area (Å²) in [5.74, 6) is -1.32. The summed E-state index contributed by atoms with van der Waals surface area (Å²) < 4.78 is 2.57. The number of hydrogen-bond acceptors (Lipinski definition) is 3. The molecule has 144 valence electrons. The van der Waals surface area contributed by atoms with E-state index in [4.69, 9.17) is 0 Å². The fourth-order valence-corrected chi connectivity index (χ4v) is 7.37. The number of nitro benzene ring substituents is 1. The molecule has 28 heavy (non-hydrogen) atoms. The van der Waals surface area contributed by atoms with E-state index in [0.29, 0.717) is 11.1 Å². The number of aromatic carboxylic acids is 1. The molecule has 0 fully saturated rings. The summed E-state index contributed by atoms with van der Waals surface area (Å²) in [6.45, 7) is 1.56. The monoisotopic (exact) mass is 1140 g/mol. The van der Waals surface area contributed by atoms with Crippen LogP contribution < -0.4 is 0 Å². The van der Waals surface area contributed by atoms with Gasteiger partial charge in [0, 0.05) is 107 Å². The van der Waals surface area contributed by atoms with Crippen molar-refractivity contribution in [2.24, 2.45) is 0 Å². The van der Waals surface area contributed by atoms with Gasteiger partial charge in [-0.15, -0.1) is 25.5 Å². The van der Waals surface area contributed by atoms with Crippen LogP contribution in [-0.2, 0) is 0 Å². The van der Waals surface area contributed by atoms with Gasteiger partial charge in [0.15, 0.2) is 0 Å². The minimum atomic E-state index is -1.32. The van der Waals surface area contributed by atoms with Gasteiger partial charge in [-0.05, 0) is 95.5 Å². The van der Waals surface area contributed by atoms with Crippen molar-refractivity contribution in [1.29, 1.82) is 0 Å². The molecule has 0 heterocycles. The molecule has 0 aliphatic carbocycles. The number of aryl methyl sites for hydroxylation is 1. The van der Waals surface area contributed by atoms with Crippen molar-refractivity contribution in [3.63, 3.8) is 0 Å². The molecule has 0 unspecified atom stereocenters. The van der Waals surface area contributed by atoms with Gasteiger partial charge < -0.3 is 15.7 Å². The molecule has 0 aliphatic heterocycles. The largest absolute Gasteiger partial charge is 0.685 e. The zero-order valence-electron chi connectivity index (χ0n) is 15.0. The zero-order chi connectivity index (χ0) is 19.8. The zero-order valence-corrected chi connectivity index (χ0v) is 30.9. The van der Waals surface area contributed by atoms with Crippen LogP contribution in [-0.4, -0.2) is 30.1 Å².